The van der Waals surface area contributed by atoms with Gasteiger partial charge in [0.25, 0.3) is 0 Å². The van der Waals surface area contributed by atoms with Gasteiger partial charge in [-0.15, -0.1) is 0 Å². The van der Waals surface area contributed by atoms with Crippen LogP contribution in [0.2, 0.25) is 0 Å². The van der Waals surface area contributed by atoms with E-state index in [9.17, 15) is 27.9 Å². The molecule has 1 atom stereocenters. The Labute approximate surface area is 187 Å². The number of aromatic nitrogens is 1. The molecule has 1 aromatic heterocycles. The SMILES string of the molecule is O=C(N[C@@H](Cc1ccnc(C(F)(F)F)c1)C(=O)O)OCC1c2ccccc2-c2ccccc21. The van der Waals surface area contributed by atoms with Gasteiger partial charge in [0, 0.05) is 18.5 Å². The Balaban J connectivity index is 1.43. The summed E-state index contributed by atoms with van der Waals surface area (Å²) in [6, 6.07) is 16.1. The third kappa shape index (κ3) is 4.82. The normalized spacial score (nSPS) is 13.7. The number of rotatable bonds is 6. The van der Waals surface area contributed by atoms with E-state index in [0.29, 0.717) is 0 Å². The molecule has 33 heavy (non-hydrogen) atoms. The fourth-order valence-corrected chi connectivity index (χ4v) is 3.97. The fourth-order valence-electron chi connectivity index (χ4n) is 3.97. The third-order valence-corrected chi connectivity index (χ3v) is 5.49. The summed E-state index contributed by atoms with van der Waals surface area (Å²) < 4.78 is 43.9. The summed E-state index contributed by atoms with van der Waals surface area (Å²) in [5.41, 5.74) is 3.02. The monoisotopic (exact) mass is 456 g/mol. The van der Waals surface area contributed by atoms with Crippen LogP contribution in [0.4, 0.5) is 18.0 Å². The van der Waals surface area contributed by atoms with Gasteiger partial charge in [0.2, 0.25) is 0 Å². The van der Waals surface area contributed by atoms with Crippen LogP contribution >= 0.6 is 0 Å². The third-order valence-electron chi connectivity index (χ3n) is 5.49. The lowest BCUT2D eigenvalue weighted by molar-refractivity contribution is -0.141. The lowest BCUT2D eigenvalue weighted by atomic mass is 9.98. The van der Waals surface area contributed by atoms with E-state index in [1.165, 1.54) is 6.07 Å². The number of hydrogen-bond donors (Lipinski definition) is 2. The molecule has 0 fully saturated rings. The van der Waals surface area contributed by atoms with Crippen LogP contribution < -0.4 is 5.32 Å². The largest absolute Gasteiger partial charge is 0.480 e. The molecular formula is C24H19F3N2O4. The van der Waals surface area contributed by atoms with Crippen LogP contribution in [0.25, 0.3) is 11.1 Å². The van der Waals surface area contributed by atoms with Crippen molar-refractivity contribution in [2.75, 3.05) is 6.61 Å². The second-order valence-corrected chi connectivity index (χ2v) is 7.61. The molecule has 3 aromatic rings. The summed E-state index contributed by atoms with van der Waals surface area (Å²) in [5.74, 6) is -1.60. The van der Waals surface area contributed by atoms with Crippen molar-refractivity contribution in [2.45, 2.75) is 24.6 Å². The highest BCUT2D eigenvalue weighted by molar-refractivity contribution is 5.81. The van der Waals surface area contributed by atoms with E-state index in [4.69, 9.17) is 4.74 Å². The zero-order chi connectivity index (χ0) is 23.6. The second kappa shape index (κ2) is 8.93. The van der Waals surface area contributed by atoms with Gasteiger partial charge in [0.1, 0.15) is 18.3 Å². The molecule has 2 N–H and O–H groups in total. The smallest absolute Gasteiger partial charge is 0.433 e. The first-order valence-corrected chi connectivity index (χ1v) is 10.1. The van der Waals surface area contributed by atoms with Crippen LogP contribution in [-0.2, 0) is 22.1 Å². The summed E-state index contributed by atoms with van der Waals surface area (Å²) in [5, 5.41) is 11.7. The van der Waals surface area contributed by atoms with Gasteiger partial charge < -0.3 is 15.2 Å². The van der Waals surface area contributed by atoms with Gasteiger partial charge in [0.05, 0.1) is 0 Å². The molecule has 0 saturated carbocycles. The van der Waals surface area contributed by atoms with E-state index in [1.807, 2.05) is 48.5 Å². The van der Waals surface area contributed by atoms with E-state index in [-0.39, 0.29) is 24.5 Å². The van der Waals surface area contributed by atoms with Crippen LogP contribution in [0, 0.1) is 0 Å². The lowest BCUT2D eigenvalue weighted by Gasteiger charge is -2.18. The highest BCUT2D eigenvalue weighted by atomic mass is 19.4. The van der Waals surface area contributed by atoms with Crippen LogP contribution in [0.3, 0.4) is 0 Å². The van der Waals surface area contributed by atoms with E-state index in [0.717, 1.165) is 34.5 Å². The van der Waals surface area contributed by atoms with Crippen molar-refractivity contribution in [3.8, 4) is 11.1 Å². The van der Waals surface area contributed by atoms with Gasteiger partial charge in [0.15, 0.2) is 0 Å². The molecule has 1 heterocycles. The van der Waals surface area contributed by atoms with Gasteiger partial charge in [-0.3, -0.25) is 4.98 Å². The van der Waals surface area contributed by atoms with Crippen molar-refractivity contribution < 1.29 is 32.6 Å². The molecule has 0 spiro atoms. The first-order chi connectivity index (χ1) is 15.7. The van der Waals surface area contributed by atoms with Crippen LogP contribution in [0.15, 0.2) is 66.9 Å². The zero-order valence-electron chi connectivity index (χ0n) is 17.2. The standard InChI is InChI=1S/C24H19F3N2O4/c25-24(26,27)21-12-14(9-10-28-21)11-20(22(30)31)29-23(32)33-13-19-17-7-3-1-5-15(17)16-6-2-4-8-18(16)19/h1-10,12,19-20H,11,13H2,(H,29,32)(H,30,31)/t20-/m0/s1. The minimum atomic E-state index is -4.66. The Bertz CT molecular complexity index is 1150. The Hall–Kier alpha value is -3.88. The van der Waals surface area contributed by atoms with Gasteiger partial charge in [-0.2, -0.15) is 13.2 Å². The number of benzene rings is 2. The number of nitrogens with zero attached hydrogens (tertiary/aromatic N) is 1. The zero-order valence-corrected chi connectivity index (χ0v) is 17.2. The van der Waals surface area contributed by atoms with Gasteiger partial charge >= 0.3 is 18.2 Å². The van der Waals surface area contributed by atoms with E-state index < -0.39 is 30.0 Å². The Morgan fingerprint density at radius 1 is 1.03 bits per heavy atom. The summed E-state index contributed by atoms with van der Waals surface area (Å²) in [4.78, 5) is 27.2. The summed E-state index contributed by atoms with van der Waals surface area (Å²) in [6.07, 6.45) is -5.03. The lowest BCUT2D eigenvalue weighted by Crippen LogP contribution is -2.43. The molecule has 0 aliphatic heterocycles. The van der Waals surface area contributed by atoms with Crippen LogP contribution in [0.5, 0.6) is 0 Å². The van der Waals surface area contributed by atoms with E-state index in [2.05, 4.69) is 10.3 Å². The maximum Gasteiger partial charge on any atom is 0.433 e. The average Bonchev–Trinajstić information content (AvgIpc) is 3.10. The minimum absolute atomic E-state index is 0.0142. The average molecular weight is 456 g/mol. The minimum Gasteiger partial charge on any atom is -0.480 e. The summed E-state index contributed by atoms with van der Waals surface area (Å²) in [6.45, 7) is -0.0142. The molecular weight excluding hydrogens is 437 g/mol. The number of fused-ring (bicyclic) bond motifs is 3. The summed E-state index contributed by atoms with van der Waals surface area (Å²) >= 11 is 0. The number of halogens is 3. The number of pyridine rings is 1. The van der Waals surface area contributed by atoms with Crippen molar-refractivity contribution in [1.29, 1.82) is 0 Å². The number of aliphatic carboxylic acids is 1. The maximum absolute atomic E-state index is 12.9. The van der Waals surface area contributed by atoms with Crippen LogP contribution in [-0.4, -0.2) is 34.8 Å². The predicted octanol–water partition coefficient (Wildman–Crippen LogP) is 4.63. The topological polar surface area (TPSA) is 88.5 Å². The highest BCUT2D eigenvalue weighted by Crippen LogP contribution is 2.44. The molecule has 6 nitrogen and oxygen atoms in total. The van der Waals surface area contributed by atoms with Crippen molar-refractivity contribution >= 4 is 12.1 Å². The van der Waals surface area contributed by atoms with Crippen molar-refractivity contribution in [1.82, 2.24) is 10.3 Å². The molecule has 0 radical (unpaired) electrons. The molecule has 1 aliphatic rings. The number of hydrogen-bond acceptors (Lipinski definition) is 4. The molecule has 9 heteroatoms. The first kappa shape index (κ1) is 22.3. The number of carboxylic acid groups (broad SMARTS) is 1. The van der Waals surface area contributed by atoms with Crippen molar-refractivity contribution in [3.63, 3.8) is 0 Å². The summed E-state index contributed by atoms with van der Waals surface area (Å²) in [7, 11) is 0. The van der Waals surface area contributed by atoms with E-state index >= 15 is 0 Å². The van der Waals surface area contributed by atoms with Crippen molar-refractivity contribution in [3.05, 3.63) is 89.2 Å². The van der Waals surface area contributed by atoms with Gasteiger partial charge in [-0.05, 0) is 39.9 Å². The molecule has 1 aliphatic carbocycles. The van der Waals surface area contributed by atoms with E-state index in [1.54, 1.807) is 0 Å². The molecule has 0 saturated heterocycles. The Kier molecular flexibility index (Phi) is 6.04. The fraction of sp³-hybridized carbons (Fsp3) is 0.208. The van der Waals surface area contributed by atoms with Crippen LogP contribution in [0.1, 0.15) is 28.3 Å². The maximum atomic E-state index is 12.9. The molecule has 170 valence electrons. The second-order valence-electron chi connectivity index (χ2n) is 7.61. The number of alkyl carbamates (subject to hydrolysis) is 1. The number of ether oxygens (including phenoxy) is 1. The number of nitrogens with one attached hydrogen (secondary N) is 1. The number of carbonyl (C=O) groups is 2. The van der Waals surface area contributed by atoms with Gasteiger partial charge in [-0.25, -0.2) is 9.59 Å². The number of amides is 1. The van der Waals surface area contributed by atoms with Crippen molar-refractivity contribution in [2.24, 2.45) is 0 Å². The number of alkyl halides is 3. The van der Waals surface area contributed by atoms with Gasteiger partial charge in [-0.1, -0.05) is 48.5 Å². The predicted molar refractivity (Wildman–Crippen MR) is 113 cm³/mol. The molecule has 4 rings (SSSR count). The quantitative estimate of drug-likeness (QED) is 0.565. The molecule has 2 aromatic carbocycles. The Morgan fingerprint density at radius 2 is 1.64 bits per heavy atom. The number of carboxylic acids is 1. The molecule has 1 amide bonds. The molecule has 0 bridgehead atoms. The highest BCUT2D eigenvalue weighted by Gasteiger charge is 2.33. The number of carbonyl (C=O) groups excluding carboxylic acids is 1. The first-order valence-electron chi connectivity index (χ1n) is 10.1. The Morgan fingerprint density at radius 3 is 2.21 bits per heavy atom. The molecule has 0 unspecified atom stereocenters.